The quantitative estimate of drug-likeness (QED) is 0.659. The third-order valence-electron chi connectivity index (χ3n) is 2.11. The Morgan fingerprint density at radius 2 is 1.71 bits per heavy atom. The lowest BCUT2D eigenvalue weighted by atomic mass is 9.83. The van der Waals surface area contributed by atoms with E-state index in [0.29, 0.717) is 12.5 Å². The summed E-state index contributed by atoms with van der Waals surface area (Å²) in [7, 11) is 0. The van der Waals surface area contributed by atoms with E-state index in [1.807, 2.05) is 27.7 Å². The fraction of sp³-hybridized carbons (Fsp3) is 0.917. The van der Waals surface area contributed by atoms with Crippen LogP contribution in [-0.2, 0) is 9.53 Å². The maximum Gasteiger partial charge on any atom is 0.143 e. The van der Waals surface area contributed by atoms with Gasteiger partial charge < -0.3 is 4.74 Å². The first kappa shape index (κ1) is 13.6. The average molecular weight is 200 g/mol. The van der Waals surface area contributed by atoms with Crippen molar-refractivity contribution in [3.63, 3.8) is 0 Å². The molecule has 0 unspecified atom stereocenters. The van der Waals surface area contributed by atoms with E-state index >= 15 is 0 Å². The molecule has 0 aliphatic rings. The fourth-order valence-corrected chi connectivity index (χ4v) is 1.40. The molecule has 14 heavy (non-hydrogen) atoms. The lowest BCUT2D eigenvalue weighted by molar-refractivity contribution is -0.133. The molecular formula is C12H24O2. The van der Waals surface area contributed by atoms with E-state index in [4.69, 9.17) is 4.74 Å². The number of hydrogen-bond acceptors (Lipinski definition) is 2. The average Bonchev–Trinajstić information content (AvgIpc) is 2.01. The molecule has 0 aromatic carbocycles. The van der Waals surface area contributed by atoms with Crippen molar-refractivity contribution in [3.8, 4) is 0 Å². The van der Waals surface area contributed by atoms with Gasteiger partial charge in [-0.05, 0) is 5.92 Å². The lowest BCUT2D eigenvalue weighted by Crippen LogP contribution is -2.33. The Balaban J connectivity index is 4.01. The fourth-order valence-electron chi connectivity index (χ4n) is 1.40. The predicted octanol–water partition coefficient (Wildman–Crippen LogP) is 2.91. The molecule has 0 heterocycles. The van der Waals surface area contributed by atoms with E-state index in [1.165, 1.54) is 0 Å². The molecule has 0 aromatic rings. The lowest BCUT2D eigenvalue weighted by Gasteiger charge is -2.25. The first-order chi connectivity index (χ1) is 6.27. The Labute approximate surface area is 88.0 Å². The summed E-state index contributed by atoms with van der Waals surface area (Å²) in [5, 5.41) is 0. The summed E-state index contributed by atoms with van der Waals surface area (Å²) < 4.78 is 5.51. The largest absolute Gasteiger partial charge is 0.380 e. The van der Waals surface area contributed by atoms with Crippen molar-refractivity contribution in [3.05, 3.63) is 0 Å². The minimum Gasteiger partial charge on any atom is -0.380 e. The van der Waals surface area contributed by atoms with Crippen molar-refractivity contribution in [2.75, 3.05) is 13.2 Å². The Hall–Kier alpha value is -0.370. The van der Waals surface area contributed by atoms with Gasteiger partial charge in [0.2, 0.25) is 0 Å². The van der Waals surface area contributed by atoms with E-state index in [1.54, 1.807) is 0 Å². The van der Waals surface area contributed by atoms with Crippen LogP contribution in [0.4, 0.5) is 0 Å². The molecule has 0 atom stereocenters. The Bertz CT molecular complexity index is 181. The van der Waals surface area contributed by atoms with Crippen molar-refractivity contribution in [2.45, 2.75) is 41.5 Å². The molecule has 0 amide bonds. The normalized spacial score (nSPS) is 12.6. The van der Waals surface area contributed by atoms with Gasteiger partial charge in [-0.25, -0.2) is 0 Å². The van der Waals surface area contributed by atoms with Crippen LogP contribution in [0, 0.1) is 17.3 Å². The first-order valence-electron chi connectivity index (χ1n) is 5.39. The van der Waals surface area contributed by atoms with Crippen molar-refractivity contribution in [1.29, 1.82) is 0 Å². The maximum absolute atomic E-state index is 11.8. The van der Waals surface area contributed by atoms with E-state index < -0.39 is 0 Å². The molecule has 0 saturated carbocycles. The van der Waals surface area contributed by atoms with Crippen LogP contribution >= 0.6 is 0 Å². The highest BCUT2D eigenvalue weighted by molar-refractivity contribution is 5.85. The second-order valence-corrected chi connectivity index (χ2v) is 5.31. The van der Waals surface area contributed by atoms with Crippen molar-refractivity contribution >= 4 is 5.78 Å². The van der Waals surface area contributed by atoms with Gasteiger partial charge in [-0.2, -0.15) is 0 Å². The van der Waals surface area contributed by atoms with Crippen LogP contribution in [-0.4, -0.2) is 19.0 Å². The van der Waals surface area contributed by atoms with Gasteiger partial charge in [0.25, 0.3) is 0 Å². The third-order valence-corrected chi connectivity index (χ3v) is 2.11. The van der Waals surface area contributed by atoms with Crippen molar-refractivity contribution in [2.24, 2.45) is 17.3 Å². The smallest absolute Gasteiger partial charge is 0.143 e. The highest BCUT2D eigenvalue weighted by Crippen LogP contribution is 2.21. The van der Waals surface area contributed by atoms with Gasteiger partial charge in [0, 0.05) is 17.9 Å². The zero-order valence-corrected chi connectivity index (χ0v) is 10.4. The Morgan fingerprint density at radius 3 is 2.07 bits per heavy atom. The van der Waals surface area contributed by atoms with E-state index in [0.717, 1.165) is 6.61 Å². The van der Waals surface area contributed by atoms with Crippen LogP contribution < -0.4 is 0 Å². The molecule has 2 heteroatoms. The number of carbonyl (C=O) groups is 1. The standard InChI is InChI=1S/C12H24O2/c1-9(2)7-14-8-12(5,6)11(13)10(3)4/h9-10H,7-8H2,1-6H3. The summed E-state index contributed by atoms with van der Waals surface area (Å²) in [5.74, 6) is 0.897. The van der Waals surface area contributed by atoms with Gasteiger partial charge in [0.05, 0.1) is 6.61 Å². The van der Waals surface area contributed by atoms with E-state index in [-0.39, 0.29) is 17.1 Å². The van der Waals surface area contributed by atoms with Crippen LogP contribution in [0.25, 0.3) is 0 Å². The van der Waals surface area contributed by atoms with Gasteiger partial charge in [0.1, 0.15) is 5.78 Å². The Morgan fingerprint density at radius 1 is 1.21 bits per heavy atom. The molecule has 84 valence electrons. The summed E-state index contributed by atoms with van der Waals surface area (Å²) in [5.41, 5.74) is -0.344. The van der Waals surface area contributed by atoms with Crippen LogP contribution in [0.1, 0.15) is 41.5 Å². The molecule has 0 N–H and O–H groups in total. The summed E-state index contributed by atoms with van der Waals surface area (Å²) in [6.07, 6.45) is 0. The van der Waals surface area contributed by atoms with Crippen molar-refractivity contribution in [1.82, 2.24) is 0 Å². The van der Waals surface area contributed by atoms with Gasteiger partial charge in [0.15, 0.2) is 0 Å². The summed E-state index contributed by atoms with van der Waals surface area (Å²) in [6, 6.07) is 0. The molecule has 0 fully saturated rings. The third kappa shape index (κ3) is 4.75. The molecule has 0 bridgehead atoms. The number of rotatable bonds is 6. The number of Topliss-reactive ketones (excluding diaryl/α,β-unsaturated/α-hetero) is 1. The van der Waals surface area contributed by atoms with Crippen molar-refractivity contribution < 1.29 is 9.53 Å². The molecule has 0 aromatic heterocycles. The minimum atomic E-state index is -0.344. The molecule has 0 saturated heterocycles. The predicted molar refractivity (Wildman–Crippen MR) is 59.3 cm³/mol. The second kappa shape index (κ2) is 5.50. The maximum atomic E-state index is 11.8. The zero-order chi connectivity index (χ0) is 11.4. The summed E-state index contributed by atoms with van der Waals surface area (Å²) in [6.45, 7) is 13.3. The number of ether oxygens (including phenoxy) is 1. The number of ketones is 1. The first-order valence-corrected chi connectivity index (χ1v) is 5.39. The molecule has 0 spiro atoms. The summed E-state index contributed by atoms with van der Waals surface area (Å²) >= 11 is 0. The molecule has 0 aliphatic carbocycles. The van der Waals surface area contributed by atoms with E-state index in [2.05, 4.69) is 13.8 Å². The van der Waals surface area contributed by atoms with Crippen LogP contribution in [0.15, 0.2) is 0 Å². The molecule has 0 radical (unpaired) electrons. The number of carbonyl (C=O) groups excluding carboxylic acids is 1. The summed E-state index contributed by atoms with van der Waals surface area (Å²) in [4.78, 5) is 11.8. The molecule has 0 rings (SSSR count). The van der Waals surface area contributed by atoms with Crippen LogP contribution in [0.5, 0.6) is 0 Å². The molecule has 2 nitrogen and oxygen atoms in total. The SMILES string of the molecule is CC(C)COCC(C)(C)C(=O)C(C)C. The van der Waals surface area contributed by atoms with Gasteiger partial charge in [-0.1, -0.05) is 41.5 Å². The highest BCUT2D eigenvalue weighted by atomic mass is 16.5. The zero-order valence-electron chi connectivity index (χ0n) is 10.4. The van der Waals surface area contributed by atoms with Crippen LogP contribution in [0.3, 0.4) is 0 Å². The monoisotopic (exact) mass is 200 g/mol. The molecule has 0 aliphatic heterocycles. The number of hydrogen-bond donors (Lipinski definition) is 0. The highest BCUT2D eigenvalue weighted by Gasteiger charge is 2.29. The van der Waals surface area contributed by atoms with E-state index in [9.17, 15) is 4.79 Å². The molecular weight excluding hydrogens is 176 g/mol. The van der Waals surface area contributed by atoms with Crippen LogP contribution in [0.2, 0.25) is 0 Å². The second-order valence-electron chi connectivity index (χ2n) is 5.31. The van der Waals surface area contributed by atoms with Gasteiger partial charge in [-0.15, -0.1) is 0 Å². The Kier molecular flexibility index (Phi) is 5.35. The van der Waals surface area contributed by atoms with Gasteiger partial charge in [-0.3, -0.25) is 4.79 Å². The minimum absolute atomic E-state index is 0.0904. The van der Waals surface area contributed by atoms with Gasteiger partial charge >= 0.3 is 0 Å². The topological polar surface area (TPSA) is 26.3 Å².